The van der Waals surface area contributed by atoms with Gasteiger partial charge in [0, 0.05) is 70.5 Å². The van der Waals surface area contributed by atoms with Gasteiger partial charge in [-0.1, -0.05) is 24.8 Å². The molecule has 0 saturated heterocycles. The molecule has 0 aliphatic rings. The molecule has 0 fully saturated rings. The van der Waals surface area contributed by atoms with Crippen LogP contribution < -0.4 is 4.90 Å². The second-order valence-electron chi connectivity index (χ2n) is 7.25. The van der Waals surface area contributed by atoms with Crippen molar-refractivity contribution in [2.24, 2.45) is 0 Å². The fourth-order valence-electron chi connectivity index (χ4n) is 3.74. The first-order valence-electron chi connectivity index (χ1n) is 12.3. The smallest absolute Gasteiger partial charge is 0.374 e. The van der Waals surface area contributed by atoms with E-state index in [1.807, 2.05) is 47.6 Å². The number of hydrogen-bond donors (Lipinski definition) is 0. The predicted octanol–water partition coefficient (Wildman–Crippen LogP) is 5.23. The van der Waals surface area contributed by atoms with Gasteiger partial charge in [-0.3, -0.25) is 0 Å². The third-order valence-electron chi connectivity index (χ3n) is 5.06. The van der Waals surface area contributed by atoms with E-state index in [9.17, 15) is 0 Å². The van der Waals surface area contributed by atoms with Crippen molar-refractivity contribution < 1.29 is 26.6 Å². The molecular formula is C24H45NO6Si2. The lowest BCUT2D eigenvalue weighted by atomic mass is 10.2. The maximum atomic E-state index is 6.08. The Kier molecular flexibility index (Phi) is 15.0. The highest BCUT2D eigenvalue weighted by atomic mass is 28.4. The van der Waals surface area contributed by atoms with Crippen molar-refractivity contribution in [2.75, 3.05) is 57.6 Å². The minimum absolute atomic E-state index is 0.565. The zero-order valence-electron chi connectivity index (χ0n) is 21.6. The Morgan fingerprint density at radius 2 is 0.970 bits per heavy atom. The van der Waals surface area contributed by atoms with Crippen LogP contribution in [0.5, 0.6) is 0 Å². The lowest BCUT2D eigenvalue weighted by Crippen LogP contribution is -2.50. The number of rotatable bonds is 20. The van der Waals surface area contributed by atoms with Crippen LogP contribution in [0.3, 0.4) is 0 Å². The van der Waals surface area contributed by atoms with Crippen LogP contribution in [0.15, 0.2) is 30.8 Å². The van der Waals surface area contributed by atoms with Crippen molar-refractivity contribution >= 4 is 29.4 Å². The van der Waals surface area contributed by atoms with Crippen molar-refractivity contribution in [1.82, 2.24) is 0 Å². The standard InChI is InChI=1S/C24H45NO6Si2/c1-8-23-15-17-24(18-16-23)25(19-21-32(26-9-2,27-10-3)28-11-4)20-22-33(29-12-5,30-13-6)31-14-7/h8,15-18H,1,9-14,19-22H2,2-7H3. The largest absolute Gasteiger partial charge is 0.502 e. The van der Waals surface area contributed by atoms with E-state index in [1.54, 1.807) is 0 Å². The van der Waals surface area contributed by atoms with E-state index in [1.165, 1.54) is 0 Å². The Morgan fingerprint density at radius 1 is 0.636 bits per heavy atom. The van der Waals surface area contributed by atoms with Gasteiger partial charge in [-0.05, 0) is 59.2 Å². The van der Waals surface area contributed by atoms with Gasteiger partial charge in [0.15, 0.2) is 0 Å². The summed E-state index contributed by atoms with van der Waals surface area (Å²) in [5.74, 6) is 0. The first-order chi connectivity index (χ1) is 16.0. The van der Waals surface area contributed by atoms with Crippen LogP contribution in [0.2, 0.25) is 12.1 Å². The van der Waals surface area contributed by atoms with Crippen molar-refractivity contribution in [1.29, 1.82) is 0 Å². The Hall–Kier alpha value is -1.05. The van der Waals surface area contributed by atoms with Gasteiger partial charge in [0.05, 0.1) is 0 Å². The molecule has 1 aromatic rings. The topological polar surface area (TPSA) is 58.6 Å². The molecule has 1 aromatic carbocycles. The van der Waals surface area contributed by atoms with Gasteiger partial charge in [-0.2, -0.15) is 0 Å². The minimum atomic E-state index is -2.77. The van der Waals surface area contributed by atoms with Crippen LogP contribution in [0.25, 0.3) is 6.08 Å². The summed E-state index contributed by atoms with van der Waals surface area (Å²) in [5, 5.41) is 0. The Labute approximate surface area is 203 Å². The van der Waals surface area contributed by atoms with Gasteiger partial charge in [0.2, 0.25) is 0 Å². The van der Waals surface area contributed by atoms with E-state index >= 15 is 0 Å². The van der Waals surface area contributed by atoms with Crippen LogP contribution in [-0.4, -0.2) is 70.3 Å². The fourth-order valence-corrected chi connectivity index (χ4v) is 8.83. The van der Waals surface area contributed by atoms with Crippen LogP contribution in [-0.2, 0) is 26.6 Å². The van der Waals surface area contributed by atoms with Crippen LogP contribution in [0.1, 0.15) is 47.1 Å². The van der Waals surface area contributed by atoms with Crippen molar-refractivity contribution in [2.45, 2.75) is 53.6 Å². The average molecular weight is 500 g/mol. The molecule has 0 spiro atoms. The van der Waals surface area contributed by atoms with Gasteiger partial charge in [-0.15, -0.1) is 0 Å². The van der Waals surface area contributed by atoms with Crippen LogP contribution >= 0.6 is 0 Å². The Morgan fingerprint density at radius 3 is 1.24 bits per heavy atom. The highest BCUT2D eigenvalue weighted by Gasteiger charge is 2.43. The van der Waals surface area contributed by atoms with E-state index in [0.29, 0.717) is 51.7 Å². The minimum Gasteiger partial charge on any atom is -0.374 e. The predicted molar refractivity (Wildman–Crippen MR) is 140 cm³/mol. The van der Waals surface area contributed by atoms with E-state index in [-0.39, 0.29) is 0 Å². The summed E-state index contributed by atoms with van der Waals surface area (Å²) < 4.78 is 36.5. The van der Waals surface area contributed by atoms with E-state index in [4.69, 9.17) is 26.6 Å². The molecule has 1 rings (SSSR count). The third-order valence-corrected chi connectivity index (χ3v) is 11.1. The molecule has 0 atom stereocenters. The first-order valence-corrected chi connectivity index (χ1v) is 16.1. The molecule has 33 heavy (non-hydrogen) atoms. The molecule has 0 amide bonds. The molecule has 7 nitrogen and oxygen atoms in total. The summed E-state index contributed by atoms with van der Waals surface area (Å²) in [6.07, 6.45) is 1.85. The SMILES string of the molecule is C=Cc1ccc(N(CC[Si](OCC)(OCC)OCC)CC[Si](OCC)(OCC)OCC)cc1. The molecule has 9 heteroatoms. The van der Waals surface area contributed by atoms with Crippen molar-refractivity contribution in [3.63, 3.8) is 0 Å². The molecule has 0 heterocycles. The summed E-state index contributed by atoms with van der Waals surface area (Å²) in [7, 11) is -5.54. The second kappa shape index (κ2) is 16.6. The summed E-state index contributed by atoms with van der Waals surface area (Å²) in [6.45, 7) is 20.6. The first kappa shape index (κ1) is 30.0. The Balaban J connectivity index is 3.15. The molecule has 0 aromatic heterocycles. The quantitative estimate of drug-likeness (QED) is 0.228. The normalized spacial score (nSPS) is 12.2. The zero-order valence-corrected chi connectivity index (χ0v) is 23.6. The van der Waals surface area contributed by atoms with E-state index in [0.717, 1.165) is 24.3 Å². The monoisotopic (exact) mass is 499 g/mol. The van der Waals surface area contributed by atoms with Gasteiger partial charge in [-0.25, -0.2) is 0 Å². The summed E-state index contributed by atoms with van der Waals surface area (Å²) in [6, 6.07) is 9.77. The van der Waals surface area contributed by atoms with Crippen molar-refractivity contribution in [3.05, 3.63) is 36.4 Å². The van der Waals surface area contributed by atoms with Crippen LogP contribution in [0, 0.1) is 0 Å². The lowest BCUT2D eigenvalue weighted by Gasteiger charge is -2.34. The van der Waals surface area contributed by atoms with Gasteiger partial charge in [0.25, 0.3) is 0 Å². The van der Waals surface area contributed by atoms with E-state index < -0.39 is 17.6 Å². The summed E-state index contributed by atoms with van der Waals surface area (Å²) in [5.41, 5.74) is 2.20. The maximum Gasteiger partial charge on any atom is 0.502 e. The number of benzene rings is 1. The highest BCUT2D eigenvalue weighted by Crippen LogP contribution is 2.24. The second-order valence-corrected chi connectivity index (χ2v) is 12.7. The molecule has 0 aliphatic heterocycles. The maximum absolute atomic E-state index is 6.08. The zero-order chi connectivity index (χ0) is 24.6. The van der Waals surface area contributed by atoms with Gasteiger partial charge < -0.3 is 31.5 Å². The highest BCUT2D eigenvalue weighted by molar-refractivity contribution is 6.61. The fraction of sp³-hybridized carbons (Fsp3) is 0.667. The van der Waals surface area contributed by atoms with Crippen molar-refractivity contribution in [3.8, 4) is 0 Å². The molecule has 0 bridgehead atoms. The van der Waals surface area contributed by atoms with Gasteiger partial charge >= 0.3 is 17.6 Å². The molecular weight excluding hydrogens is 454 g/mol. The molecule has 0 aliphatic carbocycles. The van der Waals surface area contributed by atoms with Crippen LogP contribution in [0.4, 0.5) is 5.69 Å². The van der Waals surface area contributed by atoms with E-state index in [2.05, 4.69) is 35.7 Å². The lowest BCUT2D eigenvalue weighted by molar-refractivity contribution is 0.0712. The Bertz CT molecular complexity index is 582. The third kappa shape index (κ3) is 9.99. The molecule has 0 saturated carbocycles. The number of hydrogen-bond acceptors (Lipinski definition) is 7. The van der Waals surface area contributed by atoms with Gasteiger partial charge in [0.1, 0.15) is 0 Å². The molecule has 0 radical (unpaired) electrons. The average Bonchev–Trinajstić information content (AvgIpc) is 2.80. The molecule has 0 unspecified atom stereocenters. The molecule has 190 valence electrons. The summed E-state index contributed by atoms with van der Waals surface area (Å²) in [4.78, 5) is 2.32. The summed E-state index contributed by atoms with van der Waals surface area (Å²) >= 11 is 0. The number of anilines is 1. The number of nitrogens with zero attached hydrogens (tertiary/aromatic N) is 1. The molecule has 0 N–H and O–H groups in total.